The number of methoxy groups -OCH3 is 2. The zero-order chi connectivity index (χ0) is 22.9. The number of para-hydroxylation sites is 1. The van der Waals surface area contributed by atoms with Crippen molar-refractivity contribution in [2.75, 3.05) is 27.4 Å². The fourth-order valence-electron chi connectivity index (χ4n) is 2.16. The van der Waals surface area contributed by atoms with E-state index in [1.54, 1.807) is 18.2 Å². The van der Waals surface area contributed by atoms with Gasteiger partial charge in [-0.25, -0.2) is 0 Å². The zero-order valence-corrected chi connectivity index (χ0v) is 12.0. The Kier molecular flexibility index (Phi) is 2.53. The van der Waals surface area contributed by atoms with E-state index in [1.807, 2.05) is 0 Å². The fourth-order valence-corrected chi connectivity index (χ4v) is 2.16. The summed E-state index contributed by atoms with van der Waals surface area (Å²) in [6.07, 6.45) is 1.86. The standard InChI is InChI=1S/C18H19NO4/c1-20-16-5-3-4-14(18(16)21-2)11-19-9-8-13-6-7-15-17(10-13)23-12-22-15/h3-7,10-11H,8-9,12H2,1-2H3/b19-11-/i1D3,2D3,12D2. The molecule has 0 spiro atoms. The van der Waals surface area contributed by atoms with Gasteiger partial charge < -0.3 is 18.9 Å². The van der Waals surface area contributed by atoms with Gasteiger partial charge in [-0.3, -0.25) is 4.99 Å². The van der Waals surface area contributed by atoms with Crippen LogP contribution in [-0.4, -0.2) is 33.6 Å². The van der Waals surface area contributed by atoms with Crippen molar-refractivity contribution in [3.05, 3.63) is 47.5 Å². The Bertz CT molecular complexity index is 972. The second-order valence-corrected chi connectivity index (χ2v) is 4.73. The van der Waals surface area contributed by atoms with Gasteiger partial charge in [0.2, 0.25) is 6.75 Å². The molecule has 0 atom stereocenters. The summed E-state index contributed by atoms with van der Waals surface area (Å²) >= 11 is 0. The number of fused-ring (bicyclic) bond motifs is 1. The van der Waals surface area contributed by atoms with Crippen molar-refractivity contribution in [2.45, 2.75) is 6.42 Å². The molecule has 0 aliphatic carbocycles. The van der Waals surface area contributed by atoms with Crippen LogP contribution in [0.5, 0.6) is 23.0 Å². The number of hydrogen-bond acceptors (Lipinski definition) is 5. The molecule has 23 heavy (non-hydrogen) atoms. The third-order valence-corrected chi connectivity index (χ3v) is 3.29. The molecule has 0 N–H and O–H groups in total. The van der Waals surface area contributed by atoms with E-state index >= 15 is 0 Å². The Morgan fingerprint density at radius 3 is 3.04 bits per heavy atom. The third-order valence-electron chi connectivity index (χ3n) is 3.29. The second-order valence-electron chi connectivity index (χ2n) is 4.73. The van der Waals surface area contributed by atoms with E-state index in [0.29, 0.717) is 24.5 Å². The smallest absolute Gasteiger partial charge is 0.231 e. The zero-order valence-electron chi connectivity index (χ0n) is 20.0. The highest BCUT2D eigenvalue weighted by Gasteiger charge is 2.12. The van der Waals surface area contributed by atoms with Crippen LogP contribution in [0.3, 0.4) is 0 Å². The first kappa shape index (κ1) is 8.24. The van der Waals surface area contributed by atoms with Gasteiger partial charge in [0.15, 0.2) is 23.0 Å². The largest absolute Gasteiger partial charge is 0.493 e. The van der Waals surface area contributed by atoms with Gasteiger partial charge in [-0.2, -0.15) is 0 Å². The Hall–Kier alpha value is -2.69. The van der Waals surface area contributed by atoms with Crippen LogP contribution < -0.4 is 18.9 Å². The van der Waals surface area contributed by atoms with Crippen molar-refractivity contribution in [3.63, 3.8) is 0 Å². The van der Waals surface area contributed by atoms with E-state index < -0.39 is 20.8 Å². The van der Waals surface area contributed by atoms with Gasteiger partial charge >= 0.3 is 0 Å². The number of ether oxygens (including phenoxy) is 4. The number of nitrogens with zero attached hydrogens (tertiary/aromatic N) is 1. The SMILES string of the molecule is [2H]C([2H])([2H])Oc1cccc(/C=N\CCc2ccc3c(c2)OC([2H])([2H])O3)c1OC([2H])([2H])[2H]. The van der Waals surface area contributed by atoms with Crippen LogP contribution in [0, 0.1) is 0 Å². The van der Waals surface area contributed by atoms with Gasteiger partial charge in [0.1, 0.15) is 2.74 Å². The fraction of sp³-hybridized carbons (Fsp3) is 0.278. The van der Waals surface area contributed by atoms with Crippen LogP contribution in [0.4, 0.5) is 0 Å². The molecule has 0 radical (unpaired) electrons. The minimum atomic E-state index is -2.81. The predicted octanol–water partition coefficient (Wildman–Crippen LogP) is 3.09. The molecule has 0 fully saturated rings. The highest BCUT2D eigenvalue weighted by molar-refractivity contribution is 5.85. The molecule has 0 saturated carbocycles. The average Bonchev–Trinajstić information content (AvgIpc) is 2.91. The minimum absolute atomic E-state index is 0.231. The van der Waals surface area contributed by atoms with Gasteiger partial charge in [-0.15, -0.1) is 0 Å². The number of rotatable bonds is 6. The quantitative estimate of drug-likeness (QED) is 0.767. The van der Waals surface area contributed by atoms with Crippen molar-refractivity contribution in [3.8, 4) is 23.0 Å². The number of aliphatic imine (C=N–C) groups is 1. The predicted molar refractivity (Wildman–Crippen MR) is 88.3 cm³/mol. The van der Waals surface area contributed by atoms with E-state index in [2.05, 4.69) is 4.99 Å². The summed E-state index contributed by atoms with van der Waals surface area (Å²) in [5.41, 5.74) is 1.08. The summed E-state index contributed by atoms with van der Waals surface area (Å²) in [7, 11) is -5.59. The molecule has 1 heterocycles. The van der Waals surface area contributed by atoms with E-state index in [0.717, 1.165) is 5.56 Å². The molecule has 0 amide bonds. The summed E-state index contributed by atoms with van der Waals surface area (Å²) in [5, 5.41) is 0. The maximum Gasteiger partial charge on any atom is 0.231 e. The second kappa shape index (κ2) is 7.05. The topological polar surface area (TPSA) is 49.3 Å². The number of benzene rings is 2. The van der Waals surface area contributed by atoms with Crippen LogP contribution in [0.1, 0.15) is 22.1 Å². The first-order valence-electron chi connectivity index (χ1n) is 10.8. The van der Waals surface area contributed by atoms with Crippen molar-refractivity contribution < 1.29 is 29.9 Å². The molecule has 120 valence electrons. The molecule has 5 heteroatoms. The maximum atomic E-state index is 7.46. The lowest BCUT2D eigenvalue weighted by atomic mass is 10.1. The van der Waals surface area contributed by atoms with Gasteiger partial charge in [-0.05, 0) is 36.2 Å². The molecule has 0 aromatic heterocycles. The Balaban J connectivity index is 1.73. The first-order valence-corrected chi connectivity index (χ1v) is 6.83. The van der Waals surface area contributed by atoms with Gasteiger partial charge in [0.05, 0.1) is 22.3 Å². The lowest BCUT2D eigenvalue weighted by molar-refractivity contribution is 0.174. The molecule has 0 unspecified atom stereocenters. The minimum Gasteiger partial charge on any atom is -0.493 e. The molecule has 1 aliphatic rings. The van der Waals surface area contributed by atoms with Crippen molar-refractivity contribution in [1.82, 2.24) is 0 Å². The van der Waals surface area contributed by atoms with Crippen molar-refractivity contribution >= 4 is 6.21 Å². The van der Waals surface area contributed by atoms with Gasteiger partial charge in [0, 0.05) is 18.3 Å². The Morgan fingerprint density at radius 2 is 2.13 bits per heavy atom. The summed E-state index contributed by atoms with van der Waals surface area (Å²) in [6.45, 7) is -1.88. The summed E-state index contributed by atoms with van der Waals surface area (Å²) in [4.78, 5) is 4.26. The van der Waals surface area contributed by atoms with Crippen LogP contribution in [-0.2, 0) is 6.42 Å². The van der Waals surface area contributed by atoms with Crippen molar-refractivity contribution in [2.24, 2.45) is 4.99 Å². The van der Waals surface area contributed by atoms with Gasteiger partial charge in [-0.1, -0.05) is 12.1 Å². The molecule has 3 rings (SSSR count). The summed E-state index contributed by atoms with van der Waals surface area (Å²) < 4.78 is 78.5. The van der Waals surface area contributed by atoms with Crippen LogP contribution in [0.2, 0.25) is 0 Å². The molecule has 5 nitrogen and oxygen atoms in total. The van der Waals surface area contributed by atoms with E-state index in [1.165, 1.54) is 24.4 Å². The van der Waals surface area contributed by atoms with Crippen molar-refractivity contribution in [1.29, 1.82) is 0 Å². The van der Waals surface area contributed by atoms with E-state index in [-0.39, 0.29) is 17.1 Å². The monoisotopic (exact) mass is 321 g/mol. The molecular formula is C18H19NO4. The van der Waals surface area contributed by atoms with Gasteiger partial charge in [0.25, 0.3) is 0 Å². The lowest BCUT2D eigenvalue weighted by Crippen LogP contribution is -1.96. The lowest BCUT2D eigenvalue weighted by Gasteiger charge is -2.09. The third kappa shape index (κ3) is 3.39. The summed E-state index contributed by atoms with van der Waals surface area (Å²) in [6, 6.07) is 9.35. The molecule has 0 saturated heterocycles. The molecule has 2 aromatic carbocycles. The summed E-state index contributed by atoms with van der Waals surface area (Å²) in [5.74, 6) is 0.141. The number of hydrogen-bond donors (Lipinski definition) is 0. The molecule has 1 aliphatic heterocycles. The molecular weight excluding hydrogens is 294 g/mol. The van der Waals surface area contributed by atoms with Crippen LogP contribution in [0.15, 0.2) is 41.4 Å². The van der Waals surface area contributed by atoms with Crippen LogP contribution >= 0.6 is 0 Å². The normalized spacial score (nSPS) is 21.0. The van der Waals surface area contributed by atoms with E-state index in [4.69, 9.17) is 29.9 Å². The molecule has 0 bridgehead atoms. The van der Waals surface area contributed by atoms with E-state index in [9.17, 15) is 0 Å². The first-order chi connectivity index (χ1) is 14.3. The molecule has 2 aromatic rings. The Morgan fingerprint density at radius 1 is 1.22 bits per heavy atom. The highest BCUT2D eigenvalue weighted by atomic mass is 16.7. The Labute approximate surface area is 146 Å². The maximum absolute atomic E-state index is 7.46. The highest BCUT2D eigenvalue weighted by Crippen LogP contribution is 2.32. The van der Waals surface area contributed by atoms with Crippen LogP contribution in [0.25, 0.3) is 0 Å². The average molecular weight is 321 g/mol.